The van der Waals surface area contributed by atoms with E-state index in [2.05, 4.69) is 23.8 Å². The lowest BCUT2D eigenvalue weighted by molar-refractivity contribution is 0.0376. The molecule has 8 nitrogen and oxygen atoms in total. The number of aromatic nitrogens is 3. The van der Waals surface area contributed by atoms with Crippen LogP contribution in [0.4, 0.5) is 5.13 Å². The van der Waals surface area contributed by atoms with E-state index in [4.69, 9.17) is 26.1 Å². The van der Waals surface area contributed by atoms with Gasteiger partial charge in [-0.15, -0.1) is 0 Å². The quantitative estimate of drug-likeness (QED) is 0.464. The minimum atomic E-state index is -0.159. The van der Waals surface area contributed by atoms with Crippen molar-refractivity contribution < 1.29 is 14.3 Å². The zero-order valence-corrected chi connectivity index (χ0v) is 21.1. The smallest absolute Gasteiger partial charge is 0.280 e. The highest BCUT2D eigenvalue weighted by molar-refractivity contribution is 7.23. The molecule has 1 aliphatic rings. The number of benzene rings is 1. The summed E-state index contributed by atoms with van der Waals surface area (Å²) in [4.78, 5) is 22.5. The highest BCUT2D eigenvalue weighted by Crippen LogP contribution is 2.39. The fraction of sp³-hybridized carbons (Fsp3) is 0.522. The summed E-state index contributed by atoms with van der Waals surface area (Å²) >= 11 is 7.84. The maximum atomic E-state index is 13.7. The van der Waals surface area contributed by atoms with Crippen LogP contribution in [0.3, 0.4) is 0 Å². The molecule has 1 saturated heterocycles. The van der Waals surface area contributed by atoms with Gasteiger partial charge in [0.15, 0.2) is 10.8 Å². The molecule has 33 heavy (non-hydrogen) atoms. The number of amides is 1. The Morgan fingerprint density at radius 1 is 1.33 bits per heavy atom. The predicted octanol–water partition coefficient (Wildman–Crippen LogP) is 4.41. The van der Waals surface area contributed by atoms with Crippen molar-refractivity contribution in [3.05, 3.63) is 34.6 Å². The Labute approximate surface area is 203 Å². The molecule has 0 unspecified atom stereocenters. The minimum absolute atomic E-state index is 0.159. The van der Waals surface area contributed by atoms with Gasteiger partial charge in [0.2, 0.25) is 0 Å². The van der Waals surface area contributed by atoms with E-state index in [0.29, 0.717) is 33.7 Å². The predicted molar refractivity (Wildman–Crippen MR) is 132 cm³/mol. The number of rotatable bonds is 8. The van der Waals surface area contributed by atoms with Gasteiger partial charge in [0.25, 0.3) is 5.91 Å². The molecule has 0 radical (unpaired) electrons. The highest BCUT2D eigenvalue weighted by atomic mass is 35.5. The van der Waals surface area contributed by atoms with Crippen LogP contribution in [0.5, 0.6) is 5.75 Å². The number of methoxy groups -OCH3 is 1. The number of carbonyl (C=O) groups is 1. The number of hydrogen-bond donors (Lipinski definition) is 0. The van der Waals surface area contributed by atoms with Gasteiger partial charge in [-0.1, -0.05) is 22.9 Å². The van der Waals surface area contributed by atoms with Gasteiger partial charge in [0, 0.05) is 37.9 Å². The van der Waals surface area contributed by atoms with Crippen LogP contribution in [0.25, 0.3) is 10.2 Å². The first-order chi connectivity index (χ1) is 15.9. The van der Waals surface area contributed by atoms with Crippen LogP contribution in [0, 0.1) is 6.92 Å². The molecule has 0 bridgehead atoms. The molecule has 2 aromatic heterocycles. The number of aryl methyl sites for hydroxylation is 1. The van der Waals surface area contributed by atoms with Crippen molar-refractivity contribution in [2.75, 3.05) is 51.4 Å². The van der Waals surface area contributed by atoms with E-state index >= 15 is 0 Å². The Hall–Kier alpha value is -2.20. The second-order valence-electron chi connectivity index (χ2n) is 8.40. The standard InChI is InChI=1S/C23H30ClN5O3S/c1-15(2)29-16(3)14-18(26-29)22(30)28(9-5-8-27-10-12-32-13-11-27)23-25-20-19(31-4)7-6-17(24)21(20)33-23/h6-7,14-15H,5,8-13H2,1-4H3. The molecule has 1 aromatic carbocycles. The zero-order valence-electron chi connectivity index (χ0n) is 19.5. The number of morpholine rings is 1. The SMILES string of the molecule is COc1ccc(Cl)c2sc(N(CCCN3CCOCC3)C(=O)c3cc(C)n(C(C)C)n3)nc12. The molecule has 0 saturated carbocycles. The van der Waals surface area contributed by atoms with Crippen LogP contribution in [0.15, 0.2) is 18.2 Å². The summed E-state index contributed by atoms with van der Waals surface area (Å²) in [5.41, 5.74) is 2.04. The Morgan fingerprint density at radius 3 is 2.76 bits per heavy atom. The molecule has 10 heteroatoms. The Bertz CT molecular complexity index is 1120. The van der Waals surface area contributed by atoms with Crippen molar-refractivity contribution in [3.8, 4) is 5.75 Å². The van der Waals surface area contributed by atoms with Crippen LogP contribution in [-0.2, 0) is 4.74 Å². The van der Waals surface area contributed by atoms with E-state index in [9.17, 15) is 4.79 Å². The molecule has 0 spiro atoms. The number of ether oxygens (including phenoxy) is 2. The van der Waals surface area contributed by atoms with Gasteiger partial charge in [0.1, 0.15) is 11.3 Å². The van der Waals surface area contributed by atoms with Crippen molar-refractivity contribution in [2.45, 2.75) is 33.2 Å². The summed E-state index contributed by atoms with van der Waals surface area (Å²) in [6.45, 7) is 10.8. The third kappa shape index (κ3) is 5.16. The summed E-state index contributed by atoms with van der Waals surface area (Å²) in [6.07, 6.45) is 0.816. The number of thiazole rings is 1. The molecule has 0 aliphatic carbocycles. The normalized spacial score (nSPS) is 14.8. The van der Waals surface area contributed by atoms with Crippen molar-refractivity contribution in [1.82, 2.24) is 19.7 Å². The van der Waals surface area contributed by atoms with E-state index in [-0.39, 0.29) is 11.9 Å². The maximum absolute atomic E-state index is 13.7. The molecule has 178 valence electrons. The minimum Gasteiger partial charge on any atom is -0.494 e. The van der Waals surface area contributed by atoms with E-state index in [0.717, 1.165) is 49.7 Å². The van der Waals surface area contributed by atoms with Crippen LogP contribution in [0.1, 0.15) is 42.5 Å². The van der Waals surface area contributed by atoms with E-state index in [1.807, 2.05) is 17.7 Å². The molecule has 3 heterocycles. The molecular weight excluding hydrogens is 462 g/mol. The first-order valence-corrected chi connectivity index (χ1v) is 12.4. The fourth-order valence-electron chi connectivity index (χ4n) is 4.04. The Balaban J connectivity index is 1.65. The fourth-order valence-corrected chi connectivity index (χ4v) is 5.32. The topological polar surface area (TPSA) is 72.7 Å². The monoisotopic (exact) mass is 491 g/mol. The van der Waals surface area contributed by atoms with Gasteiger partial charge >= 0.3 is 0 Å². The summed E-state index contributed by atoms with van der Waals surface area (Å²) in [7, 11) is 1.61. The maximum Gasteiger partial charge on any atom is 0.280 e. The third-order valence-corrected chi connectivity index (χ3v) is 7.27. The van der Waals surface area contributed by atoms with Crippen LogP contribution >= 0.6 is 22.9 Å². The van der Waals surface area contributed by atoms with Crippen LogP contribution in [0.2, 0.25) is 5.02 Å². The molecule has 1 aliphatic heterocycles. The molecule has 1 amide bonds. The second kappa shape index (κ2) is 10.4. The lowest BCUT2D eigenvalue weighted by Gasteiger charge is -2.27. The van der Waals surface area contributed by atoms with Crippen molar-refractivity contribution in [2.24, 2.45) is 0 Å². The van der Waals surface area contributed by atoms with E-state index in [1.165, 1.54) is 11.3 Å². The number of anilines is 1. The van der Waals surface area contributed by atoms with Gasteiger partial charge in [-0.2, -0.15) is 5.10 Å². The number of carbonyl (C=O) groups excluding carboxylic acids is 1. The highest BCUT2D eigenvalue weighted by Gasteiger charge is 2.26. The Kier molecular flexibility index (Phi) is 7.53. The molecule has 0 atom stereocenters. The zero-order chi connectivity index (χ0) is 23.5. The van der Waals surface area contributed by atoms with Crippen LogP contribution in [-0.4, -0.2) is 72.1 Å². The first kappa shape index (κ1) is 23.9. The first-order valence-electron chi connectivity index (χ1n) is 11.2. The summed E-state index contributed by atoms with van der Waals surface area (Å²) in [5, 5.41) is 5.77. The van der Waals surface area contributed by atoms with Gasteiger partial charge in [-0.3, -0.25) is 19.3 Å². The molecule has 4 rings (SSSR count). The Morgan fingerprint density at radius 2 is 2.09 bits per heavy atom. The summed E-state index contributed by atoms with van der Waals surface area (Å²) in [5.74, 6) is 0.478. The van der Waals surface area contributed by atoms with Gasteiger partial charge < -0.3 is 9.47 Å². The molecule has 0 N–H and O–H groups in total. The third-order valence-electron chi connectivity index (χ3n) is 5.73. The lowest BCUT2D eigenvalue weighted by Crippen LogP contribution is -2.39. The largest absolute Gasteiger partial charge is 0.494 e. The van der Waals surface area contributed by atoms with Crippen molar-refractivity contribution >= 4 is 44.2 Å². The molecular formula is C23H30ClN5O3S. The van der Waals surface area contributed by atoms with Gasteiger partial charge in [0.05, 0.1) is 30.0 Å². The number of halogens is 1. The second-order valence-corrected chi connectivity index (χ2v) is 9.78. The average Bonchev–Trinajstić information content (AvgIpc) is 3.42. The van der Waals surface area contributed by atoms with Crippen molar-refractivity contribution in [3.63, 3.8) is 0 Å². The van der Waals surface area contributed by atoms with E-state index in [1.54, 1.807) is 24.1 Å². The van der Waals surface area contributed by atoms with Crippen molar-refractivity contribution in [1.29, 1.82) is 0 Å². The van der Waals surface area contributed by atoms with Crippen LogP contribution < -0.4 is 9.64 Å². The number of fused-ring (bicyclic) bond motifs is 1. The summed E-state index contributed by atoms with van der Waals surface area (Å²) < 4.78 is 13.6. The number of hydrogen-bond acceptors (Lipinski definition) is 7. The summed E-state index contributed by atoms with van der Waals surface area (Å²) in [6, 6.07) is 5.61. The molecule has 3 aromatic rings. The lowest BCUT2D eigenvalue weighted by atomic mass is 10.3. The van der Waals surface area contributed by atoms with Gasteiger partial charge in [-0.05, 0) is 45.4 Å². The van der Waals surface area contributed by atoms with E-state index < -0.39 is 0 Å². The molecule has 1 fully saturated rings. The average molecular weight is 492 g/mol. The number of nitrogens with zero attached hydrogens (tertiary/aromatic N) is 5. The van der Waals surface area contributed by atoms with Gasteiger partial charge in [-0.25, -0.2) is 4.98 Å².